The molecule has 0 aliphatic carbocycles. The Bertz CT molecular complexity index is 91.1. The lowest BCUT2D eigenvalue weighted by Gasteiger charge is -2.14. The van der Waals surface area contributed by atoms with Gasteiger partial charge in [-0.25, -0.2) is 0 Å². The minimum Gasteiger partial charge on any atom is -0.384 e. The van der Waals surface area contributed by atoms with E-state index in [1.165, 1.54) is 44.9 Å². The van der Waals surface area contributed by atoms with Crippen LogP contribution >= 0.6 is 0 Å². The van der Waals surface area contributed by atoms with Crippen molar-refractivity contribution in [1.29, 1.82) is 0 Å². The van der Waals surface area contributed by atoms with Gasteiger partial charge in [-0.15, -0.1) is 0 Å². The molecule has 0 aromatic carbocycles. The van der Waals surface area contributed by atoms with Crippen LogP contribution in [0.4, 0.5) is 0 Å². The Labute approximate surface area is 83.9 Å². The molecule has 0 N–H and O–H groups in total. The Morgan fingerprint density at radius 3 is 2.08 bits per heavy atom. The highest BCUT2D eigenvalue weighted by atomic mass is 16.5. The summed E-state index contributed by atoms with van der Waals surface area (Å²) in [6.45, 7) is 5.48. The first kappa shape index (κ1) is 13.0. The Morgan fingerprint density at radius 2 is 1.54 bits per heavy atom. The Hall–Kier alpha value is -0.0400. The third-order valence-electron chi connectivity index (χ3n) is 2.58. The lowest BCUT2D eigenvalue weighted by molar-refractivity contribution is 0.140. The van der Waals surface area contributed by atoms with E-state index in [0.29, 0.717) is 0 Å². The van der Waals surface area contributed by atoms with Gasteiger partial charge in [-0.05, 0) is 18.8 Å². The highest BCUT2D eigenvalue weighted by molar-refractivity contribution is 4.58. The molecule has 0 unspecified atom stereocenters. The molecular formula is C12H26O. The predicted octanol–water partition coefficient (Wildman–Crippen LogP) is 4.02. The molecule has 0 fully saturated rings. The van der Waals surface area contributed by atoms with E-state index >= 15 is 0 Å². The number of hydrogen-bond acceptors (Lipinski definition) is 1. The van der Waals surface area contributed by atoms with Gasteiger partial charge in [0.15, 0.2) is 0 Å². The fourth-order valence-corrected chi connectivity index (χ4v) is 1.72. The van der Waals surface area contributed by atoms with Gasteiger partial charge in [0.05, 0.1) is 0 Å². The molecule has 0 aliphatic heterocycles. The molecule has 80 valence electrons. The van der Waals surface area contributed by atoms with Crippen molar-refractivity contribution in [2.75, 3.05) is 13.7 Å². The number of hydrogen-bond donors (Lipinski definition) is 0. The van der Waals surface area contributed by atoms with Gasteiger partial charge in [-0.2, -0.15) is 0 Å². The summed E-state index contributed by atoms with van der Waals surface area (Å²) >= 11 is 0. The lowest BCUT2D eigenvalue weighted by Crippen LogP contribution is -2.08. The van der Waals surface area contributed by atoms with Crippen LogP contribution < -0.4 is 0 Å². The van der Waals surface area contributed by atoms with Crippen LogP contribution in [0.3, 0.4) is 0 Å². The third-order valence-corrected chi connectivity index (χ3v) is 2.58. The molecule has 1 atom stereocenters. The number of methoxy groups -OCH3 is 1. The molecule has 1 heteroatoms. The quantitative estimate of drug-likeness (QED) is 0.494. The van der Waals surface area contributed by atoms with Crippen molar-refractivity contribution < 1.29 is 4.74 Å². The fraction of sp³-hybridized carbons (Fsp3) is 1.00. The van der Waals surface area contributed by atoms with Crippen molar-refractivity contribution in [2.24, 2.45) is 5.92 Å². The van der Waals surface area contributed by atoms with Crippen LogP contribution in [0.2, 0.25) is 0 Å². The van der Waals surface area contributed by atoms with Crippen LogP contribution in [-0.4, -0.2) is 13.7 Å². The molecule has 13 heavy (non-hydrogen) atoms. The van der Waals surface area contributed by atoms with Crippen molar-refractivity contribution in [1.82, 2.24) is 0 Å². The summed E-state index contributed by atoms with van der Waals surface area (Å²) in [5, 5.41) is 0. The molecule has 0 aromatic rings. The maximum absolute atomic E-state index is 5.23. The Morgan fingerprint density at radius 1 is 0.923 bits per heavy atom. The topological polar surface area (TPSA) is 9.23 Å². The second kappa shape index (κ2) is 10.0. The van der Waals surface area contributed by atoms with E-state index in [1.54, 1.807) is 0 Å². The van der Waals surface area contributed by atoms with Crippen molar-refractivity contribution in [2.45, 2.75) is 58.8 Å². The Balaban J connectivity index is 3.41. The Kier molecular flexibility index (Phi) is 10.0. The van der Waals surface area contributed by atoms with Crippen molar-refractivity contribution >= 4 is 0 Å². The monoisotopic (exact) mass is 186 g/mol. The zero-order chi connectivity index (χ0) is 9.94. The minimum absolute atomic E-state index is 0.816. The van der Waals surface area contributed by atoms with Crippen LogP contribution in [0.5, 0.6) is 0 Å². The van der Waals surface area contributed by atoms with Gasteiger partial charge in [0.2, 0.25) is 0 Å². The molecular weight excluding hydrogens is 160 g/mol. The maximum Gasteiger partial charge on any atom is 0.0490 e. The molecule has 0 radical (unpaired) electrons. The second-order valence-corrected chi connectivity index (χ2v) is 3.96. The molecule has 0 aliphatic rings. The fourth-order valence-electron chi connectivity index (χ4n) is 1.72. The van der Waals surface area contributed by atoms with Gasteiger partial charge in [-0.1, -0.05) is 46.0 Å². The van der Waals surface area contributed by atoms with Gasteiger partial charge in [-0.3, -0.25) is 0 Å². The van der Waals surface area contributed by atoms with E-state index in [1.807, 2.05) is 7.11 Å². The summed E-state index contributed by atoms with van der Waals surface area (Å²) in [4.78, 5) is 0. The summed E-state index contributed by atoms with van der Waals surface area (Å²) in [5.74, 6) is 0.816. The first-order chi connectivity index (χ1) is 6.35. The highest BCUT2D eigenvalue weighted by Crippen LogP contribution is 2.16. The first-order valence-corrected chi connectivity index (χ1v) is 5.84. The van der Waals surface area contributed by atoms with Gasteiger partial charge >= 0.3 is 0 Å². The summed E-state index contributed by atoms with van der Waals surface area (Å²) in [6, 6.07) is 0. The van der Waals surface area contributed by atoms with Gasteiger partial charge in [0, 0.05) is 13.7 Å². The minimum atomic E-state index is 0.816. The first-order valence-electron chi connectivity index (χ1n) is 5.84. The molecule has 0 rings (SSSR count). The largest absolute Gasteiger partial charge is 0.384 e. The predicted molar refractivity (Wildman–Crippen MR) is 59.0 cm³/mol. The van der Waals surface area contributed by atoms with E-state index in [4.69, 9.17) is 4.74 Å². The zero-order valence-corrected chi connectivity index (χ0v) is 9.64. The lowest BCUT2D eigenvalue weighted by atomic mass is 9.96. The summed E-state index contributed by atoms with van der Waals surface area (Å²) in [7, 11) is 1.82. The van der Waals surface area contributed by atoms with E-state index in [2.05, 4.69) is 13.8 Å². The van der Waals surface area contributed by atoms with Crippen LogP contribution in [-0.2, 0) is 4.74 Å². The molecule has 0 saturated heterocycles. The SMILES string of the molecule is CCCCC[C@H](CCCC)COC. The summed E-state index contributed by atoms with van der Waals surface area (Å²) in [5.41, 5.74) is 0. The maximum atomic E-state index is 5.23. The van der Waals surface area contributed by atoms with Crippen molar-refractivity contribution in [3.63, 3.8) is 0 Å². The molecule has 0 bridgehead atoms. The normalized spacial score (nSPS) is 13.2. The van der Waals surface area contributed by atoms with E-state index in [-0.39, 0.29) is 0 Å². The van der Waals surface area contributed by atoms with Gasteiger partial charge in [0.25, 0.3) is 0 Å². The third kappa shape index (κ3) is 8.29. The standard InChI is InChI=1S/C12H26O/c1-4-6-8-10-12(11-13-3)9-7-5-2/h12H,4-11H2,1-3H3/t12-/m0/s1. The summed E-state index contributed by atoms with van der Waals surface area (Å²) in [6.07, 6.45) is 9.48. The zero-order valence-electron chi connectivity index (χ0n) is 9.64. The van der Waals surface area contributed by atoms with E-state index < -0.39 is 0 Å². The van der Waals surface area contributed by atoms with Crippen LogP contribution in [0.25, 0.3) is 0 Å². The molecule has 1 nitrogen and oxygen atoms in total. The second-order valence-electron chi connectivity index (χ2n) is 3.96. The molecule has 0 amide bonds. The van der Waals surface area contributed by atoms with E-state index in [9.17, 15) is 0 Å². The number of rotatable bonds is 9. The molecule has 0 spiro atoms. The van der Waals surface area contributed by atoms with Gasteiger partial charge in [0.1, 0.15) is 0 Å². The molecule has 0 heterocycles. The smallest absolute Gasteiger partial charge is 0.0490 e. The van der Waals surface area contributed by atoms with Gasteiger partial charge < -0.3 is 4.74 Å². The average Bonchev–Trinajstić information content (AvgIpc) is 2.14. The van der Waals surface area contributed by atoms with E-state index in [0.717, 1.165) is 12.5 Å². The van der Waals surface area contributed by atoms with Crippen LogP contribution in [0, 0.1) is 5.92 Å². The number of unbranched alkanes of at least 4 members (excludes halogenated alkanes) is 3. The molecule has 0 aromatic heterocycles. The molecule has 0 saturated carbocycles. The average molecular weight is 186 g/mol. The van der Waals surface area contributed by atoms with Crippen molar-refractivity contribution in [3.8, 4) is 0 Å². The van der Waals surface area contributed by atoms with Crippen LogP contribution in [0.15, 0.2) is 0 Å². The van der Waals surface area contributed by atoms with Crippen LogP contribution in [0.1, 0.15) is 58.8 Å². The van der Waals surface area contributed by atoms with Crippen molar-refractivity contribution in [3.05, 3.63) is 0 Å². The highest BCUT2D eigenvalue weighted by Gasteiger charge is 2.06. The number of ether oxygens (including phenoxy) is 1. The summed E-state index contributed by atoms with van der Waals surface area (Å²) < 4.78 is 5.23.